The third-order valence-electron chi connectivity index (χ3n) is 2.49. The van der Waals surface area contributed by atoms with Gasteiger partial charge in [0, 0.05) is 10.6 Å². The lowest BCUT2D eigenvalue weighted by Gasteiger charge is -1.99. The lowest BCUT2D eigenvalue weighted by Crippen LogP contribution is -2.02. The molecule has 0 amide bonds. The topological polar surface area (TPSA) is 69.1 Å². The largest absolute Gasteiger partial charge is 0.368 e. The number of benzene rings is 1. The van der Waals surface area contributed by atoms with Crippen molar-refractivity contribution in [3.05, 3.63) is 41.8 Å². The Morgan fingerprint density at radius 1 is 1.12 bits per heavy atom. The van der Waals surface area contributed by atoms with E-state index in [4.69, 9.17) is 17.3 Å². The summed E-state index contributed by atoms with van der Waals surface area (Å²) in [6.07, 6.45) is 3.13. The van der Waals surface area contributed by atoms with E-state index in [2.05, 4.69) is 15.1 Å². The van der Waals surface area contributed by atoms with Crippen molar-refractivity contribution < 1.29 is 0 Å². The van der Waals surface area contributed by atoms with Crippen molar-refractivity contribution in [1.82, 2.24) is 19.6 Å². The molecule has 0 bridgehead atoms. The minimum atomic E-state index is 0.315. The summed E-state index contributed by atoms with van der Waals surface area (Å²) in [5.41, 5.74) is 8.27. The Bertz CT molecular complexity index is 674. The normalized spacial score (nSPS) is 10.9. The summed E-state index contributed by atoms with van der Waals surface area (Å²) >= 11 is 5.85. The van der Waals surface area contributed by atoms with E-state index in [1.165, 1.54) is 10.8 Å². The van der Waals surface area contributed by atoms with Crippen LogP contribution in [0.15, 0.2) is 36.8 Å². The Kier molecular flexibility index (Phi) is 2.19. The summed E-state index contributed by atoms with van der Waals surface area (Å²) in [6, 6.07) is 7.48. The van der Waals surface area contributed by atoms with E-state index >= 15 is 0 Å². The van der Waals surface area contributed by atoms with Gasteiger partial charge in [-0.3, -0.25) is 0 Å². The molecule has 84 valence electrons. The van der Waals surface area contributed by atoms with Crippen LogP contribution in [-0.4, -0.2) is 19.6 Å². The van der Waals surface area contributed by atoms with Crippen LogP contribution in [0, 0.1) is 0 Å². The Morgan fingerprint density at radius 3 is 2.65 bits per heavy atom. The molecule has 0 spiro atoms. The summed E-state index contributed by atoms with van der Waals surface area (Å²) < 4.78 is 1.50. The molecule has 0 aliphatic rings. The van der Waals surface area contributed by atoms with Crippen LogP contribution in [0.5, 0.6) is 0 Å². The maximum Gasteiger partial charge on any atom is 0.224 e. The molecule has 2 aromatic heterocycles. The third-order valence-corrected chi connectivity index (χ3v) is 2.74. The van der Waals surface area contributed by atoms with E-state index in [1.807, 2.05) is 24.3 Å². The number of aromatic nitrogens is 4. The molecule has 0 fully saturated rings. The second-order valence-corrected chi connectivity index (χ2v) is 3.97. The molecule has 2 heterocycles. The molecule has 5 nitrogen and oxygen atoms in total. The van der Waals surface area contributed by atoms with Gasteiger partial charge in [-0.25, -0.2) is 9.97 Å². The molecule has 17 heavy (non-hydrogen) atoms. The van der Waals surface area contributed by atoms with Gasteiger partial charge in [0.05, 0.1) is 6.20 Å². The average molecular weight is 246 g/mol. The fraction of sp³-hybridized carbons (Fsp3) is 0. The van der Waals surface area contributed by atoms with Crippen molar-refractivity contribution in [2.75, 3.05) is 5.73 Å². The molecule has 6 heteroatoms. The van der Waals surface area contributed by atoms with Crippen LogP contribution in [-0.2, 0) is 0 Å². The Labute approximate surface area is 102 Å². The zero-order valence-electron chi connectivity index (χ0n) is 8.71. The van der Waals surface area contributed by atoms with Crippen molar-refractivity contribution in [1.29, 1.82) is 0 Å². The summed E-state index contributed by atoms with van der Waals surface area (Å²) in [7, 11) is 0. The van der Waals surface area contributed by atoms with Crippen molar-refractivity contribution in [2.24, 2.45) is 0 Å². The molecule has 0 aliphatic carbocycles. The first-order valence-corrected chi connectivity index (χ1v) is 5.33. The molecule has 3 rings (SSSR count). The van der Waals surface area contributed by atoms with Gasteiger partial charge in [0.1, 0.15) is 6.33 Å². The predicted octanol–water partition coefficient (Wildman–Crippen LogP) is 2.03. The van der Waals surface area contributed by atoms with Crippen LogP contribution in [0.25, 0.3) is 16.8 Å². The smallest absolute Gasteiger partial charge is 0.224 e. The van der Waals surface area contributed by atoms with Crippen LogP contribution in [0.4, 0.5) is 5.95 Å². The Morgan fingerprint density at radius 2 is 1.88 bits per heavy atom. The van der Waals surface area contributed by atoms with E-state index in [-0.39, 0.29) is 0 Å². The molecule has 0 unspecified atom stereocenters. The number of nitrogens with two attached hydrogens (primary N) is 1. The number of halogens is 1. The van der Waals surface area contributed by atoms with Gasteiger partial charge in [-0.1, -0.05) is 23.7 Å². The molecule has 1 aromatic carbocycles. The summed E-state index contributed by atoms with van der Waals surface area (Å²) in [6.45, 7) is 0. The van der Waals surface area contributed by atoms with Crippen LogP contribution in [0.1, 0.15) is 0 Å². The van der Waals surface area contributed by atoms with E-state index in [9.17, 15) is 0 Å². The molecule has 0 aliphatic heterocycles. The van der Waals surface area contributed by atoms with Gasteiger partial charge in [-0.2, -0.15) is 9.61 Å². The fourth-order valence-electron chi connectivity index (χ4n) is 1.66. The average Bonchev–Trinajstić information content (AvgIpc) is 2.75. The molecule has 2 N–H and O–H groups in total. The first-order valence-electron chi connectivity index (χ1n) is 4.96. The van der Waals surface area contributed by atoms with Gasteiger partial charge in [0.25, 0.3) is 0 Å². The van der Waals surface area contributed by atoms with Crippen LogP contribution in [0.2, 0.25) is 5.02 Å². The maximum atomic E-state index is 5.85. The van der Waals surface area contributed by atoms with Crippen LogP contribution in [0.3, 0.4) is 0 Å². The lowest BCUT2D eigenvalue weighted by molar-refractivity contribution is 0.909. The lowest BCUT2D eigenvalue weighted by atomic mass is 10.1. The summed E-state index contributed by atoms with van der Waals surface area (Å²) in [5, 5.41) is 4.84. The summed E-state index contributed by atoms with van der Waals surface area (Å²) in [5.74, 6) is 0.315. The highest BCUT2D eigenvalue weighted by molar-refractivity contribution is 6.30. The van der Waals surface area contributed by atoms with Gasteiger partial charge in [-0.15, -0.1) is 0 Å². The third kappa shape index (κ3) is 1.60. The number of nitrogens with zero attached hydrogens (tertiary/aromatic N) is 4. The quantitative estimate of drug-likeness (QED) is 0.712. The maximum absolute atomic E-state index is 5.85. The number of nitrogen functional groups attached to an aromatic ring is 1. The van der Waals surface area contributed by atoms with Gasteiger partial charge in [0.2, 0.25) is 5.95 Å². The van der Waals surface area contributed by atoms with E-state index in [1.54, 1.807) is 6.20 Å². The standard InChI is InChI=1S/C11H8ClN5/c12-8-3-1-7(2-4-8)9-5-16-17-10(9)14-6-15-11(17)13/h1-6H,(H2,13,14,15). The second-order valence-electron chi connectivity index (χ2n) is 3.53. The molecule has 0 saturated heterocycles. The predicted molar refractivity (Wildman–Crippen MR) is 65.6 cm³/mol. The molecule has 0 atom stereocenters. The van der Waals surface area contributed by atoms with Crippen molar-refractivity contribution >= 4 is 23.2 Å². The van der Waals surface area contributed by atoms with Crippen molar-refractivity contribution in [3.63, 3.8) is 0 Å². The Balaban J connectivity index is 2.24. The van der Waals surface area contributed by atoms with E-state index in [0.717, 1.165) is 11.1 Å². The zero-order valence-corrected chi connectivity index (χ0v) is 9.46. The number of rotatable bonds is 1. The van der Waals surface area contributed by atoms with Crippen LogP contribution >= 0.6 is 11.6 Å². The second kappa shape index (κ2) is 3.71. The number of anilines is 1. The zero-order chi connectivity index (χ0) is 11.8. The highest BCUT2D eigenvalue weighted by Gasteiger charge is 2.09. The number of hydrogen-bond donors (Lipinski definition) is 1. The first-order chi connectivity index (χ1) is 8.25. The molecular weight excluding hydrogens is 238 g/mol. The molecular formula is C11H8ClN5. The monoisotopic (exact) mass is 245 g/mol. The Hall–Kier alpha value is -2.14. The number of fused-ring (bicyclic) bond motifs is 1. The fourth-order valence-corrected chi connectivity index (χ4v) is 1.79. The number of hydrogen-bond acceptors (Lipinski definition) is 4. The van der Waals surface area contributed by atoms with Crippen molar-refractivity contribution in [3.8, 4) is 11.1 Å². The SMILES string of the molecule is Nc1ncnc2c(-c3ccc(Cl)cc3)cnn12. The highest BCUT2D eigenvalue weighted by Crippen LogP contribution is 2.24. The summed E-state index contributed by atoms with van der Waals surface area (Å²) in [4.78, 5) is 8.05. The van der Waals surface area contributed by atoms with Crippen LogP contribution < -0.4 is 5.73 Å². The van der Waals surface area contributed by atoms with E-state index in [0.29, 0.717) is 16.6 Å². The minimum absolute atomic E-state index is 0.315. The highest BCUT2D eigenvalue weighted by atomic mass is 35.5. The van der Waals surface area contributed by atoms with Gasteiger partial charge in [-0.05, 0) is 17.7 Å². The van der Waals surface area contributed by atoms with Gasteiger partial charge >= 0.3 is 0 Å². The molecule has 3 aromatic rings. The van der Waals surface area contributed by atoms with Crippen molar-refractivity contribution in [2.45, 2.75) is 0 Å². The minimum Gasteiger partial charge on any atom is -0.368 e. The van der Waals surface area contributed by atoms with Gasteiger partial charge in [0.15, 0.2) is 5.65 Å². The molecule has 0 radical (unpaired) electrons. The first kappa shape index (κ1) is 10.0. The van der Waals surface area contributed by atoms with E-state index < -0.39 is 0 Å². The van der Waals surface area contributed by atoms with Gasteiger partial charge < -0.3 is 5.73 Å². The molecule has 0 saturated carbocycles.